The van der Waals surface area contributed by atoms with E-state index >= 15 is 0 Å². The third-order valence-corrected chi connectivity index (χ3v) is 2.22. The second-order valence-electron chi connectivity index (χ2n) is 1.53. The van der Waals surface area contributed by atoms with E-state index in [0.717, 1.165) is 4.88 Å². The highest BCUT2D eigenvalue weighted by atomic mass is 32.1. The van der Waals surface area contributed by atoms with Gasteiger partial charge in [-0.2, -0.15) is 0 Å². The van der Waals surface area contributed by atoms with E-state index in [4.69, 9.17) is 0 Å². The molecule has 0 aliphatic rings. The molecule has 0 aliphatic heterocycles. The van der Waals surface area contributed by atoms with E-state index in [-0.39, 0.29) is 0 Å². The van der Waals surface area contributed by atoms with Gasteiger partial charge in [0.25, 0.3) is 0 Å². The average molecular weight is 141 g/mol. The van der Waals surface area contributed by atoms with Crippen molar-refractivity contribution in [2.75, 3.05) is 0 Å². The maximum absolute atomic E-state index is 4.62. The summed E-state index contributed by atoms with van der Waals surface area (Å²) in [7, 11) is 0. The summed E-state index contributed by atoms with van der Waals surface area (Å²) in [6, 6.07) is 2.04. The molecular formula is C6H5S2. The van der Waals surface area contributed by atoms with Crippen molar-refractivity contribution >= 4 is 28.9 Å². The van der Waals surface area contributed by atoms with Crippen LogP contribution in [0.2, 0.25) is 0 Å². The van der Waals surface area contributed by atoms with Crippen LogP contribution in [0.15, 0.2) is 11.4 Å². The molecule has 1 heterocycles. The molecule has 8 heavy (non-hydrogen) atoms. The highest BCUT2D eigenvalue weighted by Crippen LogP contribution is 2.11. The molecule has 1 rings (SSSR count). The third kappa shape index (κ3) is 0.956. The summed E-state index contributed by atoms with van der Waals surface area (Å²) < 4.78 is 0. The van der Waals surface area contributed by atoms with Gasteiger partial charge in [0, 0.05) is 4.88 Å². The van der Waals surface area contributed by atoms with Crippen LogP contribution in [0, 0.1) is 6.92 Å². The van der Waals surface area contributed by atoms with E-state index in [9.17, 15) is 0 Å². The monoisotopic (exact) mass is 141 g/mol. The maximum Gasteiger partial charge on any atom is 0.0746 e. The Kier molecular flexibility index (Phi) is 1.76. The Labute approximate surface area is 58.2 Å². The van der Waals surface area contributed by atoms with Gasteiger partial charge in [0.05, 0.1) is 5.37 Å². The van der Waals surface area contributed by atoms with Crippen LogP contribution in [0.3, 0.4) is 0 Å². The smallest absolute Gasteiger partial charge is 0.0746 e. The standard InChI is InChI=1S/C6H5S2/c1-5-2-3-8-6(5)4-7/h2-3H,1H3. The van der Waals surface area contributed by atoms with Crippen LogP contribution in [0.4, 0.5) is 0 Å². The fourth-order valence-electron chi connectivity index (χ4n) is 0.477. The molecule has 0 aliphatic carbocycles. The van der Waals surface area contributed by atoms with Crippen molar-refractivity contribution in [1.82, 2.24) is 0 Å². The van der Waals surface area contributed by atoms with Crippen LogP contribution in [0.1, 0.15) is 10.4 Å². The van der Waals surface area contributed by atoms with Gasteiger partial charge in [-0.25, -0.2) is 0 Å². The van der Waals surface area contributed by atoms with Crippen LogP contribution in [-0.4, -0.2) is 5.37 Å². The Morgan fingerprint density at radius 3 is 2.75 bits per heavy atom. The van der Waals surface area contributed by atoms with Gasteiger partial charge in [0.1, 0.15) is 0 Å². The predicted octanol–water partition coefficient (Wildman–Crippen LogP) is 2.28. The molecule has 0 aromatic carbocycles. The molecule has 2 heteroatoms. The zero-order valence-corrected chi connectivity index (χ0v) is 6.10. The fraction of sp³-hybridized carbons (Fsp3) is 0.167. The molecule has 1 aromatic heterocycles. The highest BCUT2D eigenvalue weighted by Gasteiger charge is 1.91. The van der Waals surface area contributed by atoms with E-state index in [2.05, 4.69) is 17.6 Å². The lowest BCUT2D eigenvalue weighted by atomic mass is 10.3. The van der Waals surface area contributed by atoms with E-state index in [0.29, 0.717) is 0 Å². The first kappa shape index (κ1) is 5.92. The molecule has 0 N–H and O–H groups in total. The van der Waals surface area contributed by atoms with E-state index in [1.165, 1.54) is 5.56 Å². The second kappa shape index (κ2) is 2.37. The first-order valence-corrected chi connectivity index (χ1v) is 3.55. The van der Waals surface area contributed by atoms with Gasteiger partial charge < -0.3 is 0 Å². The summed E-state index contributed by atoms with van der Waals surface area (Å²) >= 11 is 6.25. The molecule has 0 bridgehead atoms. The Morgan fingerprint density at radius 2 is 2.50 bits per heavy atom. The van der Waals surface area contributed by atoms with Crippen LogP contribution in [0.5, 0.6) is 0 Å². The Morgan fingerprint density at radius 1 is 1.75 bits per heavy atom. The lowest BCUT2D eigenvalue weighted by Crippen LogP contribution is -1.70. The molecule has 41 valence electrons. The van der Waals surface area contributed by atoms with Gasteiger partial charge in [-0.05, 0) is 23.9 Å². The van der Waals surface area contributed by atoms with Crippen molar-refractivity contribution in [3.63, 3.8) is 0 Å². The topological polar surface area (TPSA) is 0 Å². The summed E-state index contributed by atoms with van der Waals surface area (Å²) in [5.74, 6) is 0. The molecule has 0 spiro atoms. The van der Waals surface area contributed by atoms with Crippen molar-refractivity contribution < 1.29 is 0 Å². The largest absolute Gasteiger partial charge is 0.143 e. The van der Waals surface area contributed by atoms with Crippen LogP contribution in [0.25, 0.3) is 0 Å². The zero-order valence-electron chi connectivity index (χ0n) is 4.47. The minimum Gasteiger partial charge on any atom is -0.143 e. The van der Waals surface area contributed by atoms with Gasteiger partial charge in [-0.3, -0.25) is 0 Å². The van der Waals surface area contributed by atoms with Crippen molar-refractivity contribution in [2.45, 2.75) is 6.92 Å². The molecule has 0 unspecified atom stereocenters. The average Bonchev–Trinajstić information content (AvgIpc) is 2.14. The molecule has 0 saturated carbocycles. The van der Waals surface area contributed by atoms with Crippen LogP contribution in [-0.2, 0) is 0 Å². The lowest BCUT2D eigenvalue weighted by Gasteiger charge is -1.80. The van der Waals surface area contributed by atoms with Gasteiger partial charge in [-0.1, -0.05) is 12.2 Å². The molecule has 0 atom stereocenters. The number of thiocarbonyl (C=S) groups is 1. The summed E-state index contributed by atoms with van der Waals surface area (Å²) in [5.41, 5.74) is 1.23. The normalized spacial score (nSPS) is 9.12. The Bertz CT molecular complexity index is 188. The highest BCUT2D eigenvalue weighted by molar-refractivity contribution is 7.79. The zero-order chi connectivity index (χ0) is 5.98. The van der Waals surface area contributed by atoms with E-state index in [1.54, 1.807) is 11.3 Å². The predicted molar refractivity (Wildman–Crippen MR) is 40.8 cm³/mol. The summed E-state index contributed by atoms with van der Waals surface area (Å²) in [4.78, 5) is 1.08. The molecule has 1 aromatic rings. The third-order valence-electron chi connectivity index (χ3n) is 0.955. The Hall–Kier alpha value is -0.210. The summed E-state index contributed by atoms with van der Waals surface area (Å²) in [6.45, 7) is 2.03. The minimum absolute atomic E-state index is 1.08. The molecule has 0 fully saturated rings. The fourth-order valence-corrected chi connectivity index (χ4v) is 1.49. The van der Waals surface area contributed by atoms with Crippen molar-refractivity contribution in [2.24, 2.45) is 0 Å². The Balaban J connectivity index is 3.09. The minimum atomic E-state index is 1.08. The molecule has 1 radical (unpaired) electrons. The summed E-state index contributed by atoms with van der Waals surface area (Å²) in [5, 5.41) is 4.69. The van der Waals surface area contributed by atoms with E-state index in [1.807, 2.05) is 18.4 Å². The quantitative estimate of drug-likeness (QED) is 0.541. The number of aryl methyl sites for hydroxylation is 1. The van der Waals surface area contributed by atoms with Gasteiger partial charge in [0.2, 0.25) is 0 Å². The number of rotatable bonds is 1. The molecule has 0 saturated heterocycles. The van der Waals surface area contributed by atoms with Crippen molar-refractivity contribution in [3.8, 4) is 0 Å². The van der Waals surface area contributed by atoms with Crippen LogP contribution >= 0.6 is 23.6 Å². The number of thiophene rings is 1. The van der Waals surface area contributed by atoms with Crippen LogP contribution < -0.4 is 0 Å². The van der Waals surface area contributed by atoms with Gasteiger partial charge >= 0.3 is 0 Å². The SMILES string of the molecule is Cc1ccsc1[C]=S. The molecule has 0 amide bonds. The first-order valence-electron chi connectivity index (χ1n) is 2.27. The summed E-state index contributed by atoms with van der Waals surface area (Å²) in [6.07, 6.45) is 0. The first-order chi connectivity index (χ1) is 3.84. The maximum atomic E-state index is 4.62. The number of hydrogen-bond donors (Lipinski definition) is 0. The molecular weight excluding hydrogens is 136 g/mol. The molecule has 0 nitrogen and oxygen atoms in total. The van der Waals surface area contributed by atoms with Crippen molar-refractivity contribution in [3.05, 3.63) is 21.9 Å². The van der Waals surface area contributed by atoms with E-state index < -0.39 is 0 Å². The van der Waals surface area contributed by atoms with Gasteiger partial charge in [0.15, 0.2) is 0 Å². The van der Waals surface area contributed by atoms with Gasteiger partial charge in [-0.15, -0.1) is 11.3 Å². The van der Waals surface area contributed by atoms with Crippen molar-refractivity contribution in [1.29, 1.82) is 0 Å². The number of hydrogen-bond acceptors (Lipinski definition) is 2. The second-order valence-corrected chi connectivity index (χ2v) is 2.66. The lowest BCUT2D eigenvalue weighted by molar-refractivity contribution is 1.55.